The van der Waals surface area contributed by atoms with E-state index in [1.54, 1.807) is 11.3 Å². The van der Waals surface area contributed by atoms with Gasteiger partial charge in [-0.2, -0.15) is 0 Å². The van der Waals surface area contributed by atoms with Crippen molar-refractivity contribution < 1.29 is 13.6 Å². The van der Waals surface area contributed by atoms with E-state index in [2.05, 4.69) is 31.9 Å². The van der Waals surface area contributed by atoms with E-state index in [0.29, 0.717) is 25.8 Å². The summed E-state index contributed by atoms with van der Waals surface area (Å²) in [5.74, 6) is 0. The maximum Gasteiger partial charge on any atom is 0.330 e. The molecule has 0 unspecified atom stereocenters. The molecule has 1 aromatic rings. The molecule has 98 valence electrons. The fourth-order valence-electron chi connectivity index (χ4n) is 1.36. The summed E-state index contributed by atoms with van der Waals surface area (Å²) in [6, 6.07) is 2.02. The highest BCUT2D eigenvalue weighted by atomic mass is 79.9. The maximum atomic E-state index is 12.2. The summed E-state index contributed by atoms with van der Waals surface area (Å²) >= 11 is 8.51. The lowest BCUT2D eigenvalue weighted by molar-refractivity contribution is 0.220. The number of hydrogen-bond donors (Lipinski definition) is 0. The molecule has 0 saturated carbocycles. The standard InChI is InChI=1S/C10H15Br2O3PS/c1-3-14-16(13,15-4-2)6-5-8-7-9(11)17-10(8)12/h7H,3-6H2,1-2H3. The molecule has 17 heavy (non-hydrogen) atoms. The Morgan fingerprint density at radius 3 is 2.29 bits per heavy atom. The molecule has 0 aliphatic heterocycles. The van der Waals surface area contributed by atoms with Gasteiger partial charge in [-0.1, -0.05) is 0 Å². The van der Waals surface area contributed by atoms with E-state index in [4.69, 9.17) is 9.05 Å². The van der Waals surface area contributed by atoms with Crippen LogP contribution in [0.3, 0.4) is 0 Å². The minimum atomic E-state index is -2.93. The van der Waals surface area contributed by atoms with Gasteiger partial charge in [-0.05, 0) is 63.8 Å². The van der Waals surface area contributed by atoms with Crippen molar-refractivity contribution in [2.45, 2.75) is 20.3 Å². The van der Waals surface area contributed by atoms with Gasteiger partial charge in [-0.25, -0.2) is 0 Å². The highest BCUT2D eigenvalue weighted by Gasteiger charge is 2.23. The minimum absolute atomic E-state index is 0.409. The van der Waals surface area contributed by atoms with Crippen LogP contribution < -0.4 is 0 Å². The molecular weight excluding hydrogens is 391 g/mol. The van der Waals surface area contributed by atoms with Gasteiger partial charge in [-0.3, -0.25) is 4.57 Å². The Hall–Kier alpha value is 0.810. The molecule has 0 aliphatic carbocycles. The first kappa shape index (κ1) is 15.9. The van der Waals surface area contributed by atoms with E-state index in [-0.39, 0.29) is 0 Å². The van der Waals surface area contributed by atoms with Gasteiger partial charge in [0, 0.05) is 0 Å². The molecule has 1 aromatic heterocycles. The van der Waals surface area contributed by atoms with Crippen LogP contribution in [-0.2, 0) is 20.0 Å². The number of aryl methyl sites for hydroxylation is 1. The summed E-state index contributed by atoms with van der Waals surface area (Å²) in [5, 5.41) is 0. The molecule has 1 rings (SSSR count). The highest BCUT2D eigenvalue weighted by Crippen LogP contribution is 2.49. The molecular formula is C10H15Br2O3PS. The Morgan fingerprint density at radius 2 is 1.88 bits per heavy atom. The Bertz CT molecular complexity index is 398. The molecule has 0 atom stereocenters. The predicted molar refractivity (Wildman–Crippen MR) is 79.1 cm³/mol. The van der Waals surface area contributed by atoms with Crippen LogP contribution >= 0.6 is 50.8 Å². The topological polar surface area (TPSA) is 35.5 Å². The number of halogens is 2. The van der Waals surface area contributed by atoms with Crippen LogP contribution in [0.4, 0.5) is 0 Å². The highest BCUT2D eigenvalue weighted by molar-refractivity contribution is 9.12. The van der Waals surface area contributed by atoms with Gasteiger partial charge in [0.05, 0.1) is 26.9 Å². The first-order chi connectivity index (χ1) is 8.00. The summed E-state index contributed by atoms with van der Waals surface area (Å²) in [6.45, 7) is 4.46. The maximum absolute atomic E-state index is 12.2. The van der Waals surface area contributed by atoms with Gasteiger partial charge in [0.25, 0.3) is 0 Å². The first-order valence-electron chi connectivity index (χ1n) is 5.32. The number of rotatable bonds is 7. The molecule has 0 aromatic carbocycles. The van der Waals surface area contributed by atoms with Crippen LogP contribution in [0.15, 0.2) is 13.6 Å². The molecule has 0 amide bonds. The third-order valence-corrected chi connectivity index (χ3v) is 6.57. The zero-order valence-electron chi connectivity index (χ0n) is 9.74. The van der Waals surface area contributed by atoms with Gasteiger partial charge in [-0.15, -0.1) is 11.3 Å². The summed E-state index contributed by atoms with van der Waals surface area (Å²) in [7, 11) is -2.93. The summed E-state index contributed by atoms with van der Waals surface area (Å²) in [4.78, 5) is 0. The second kappa shape index (κ2) is 7.41. The van der Waals surface area contributed by atoms with Gasteiger partial charge in [0.15, 0.2) is 0 Å². The fraction of sp³-hybridized carbons (Fsp3) is 0.600. The van der Waals surface area contributed by atoms with Gasteiger partial charge in [0.2, 0.25) is 0 Å². The van der Waals surface area contributed by atoms with Crippen molar-refractivity contribution in [3.63, 3.8) is 0 Å². The molecule has 0 bridgehead atoms. The van der Waals surface area contributed by atoms with E-state index in [1.807, 2.05) is 19.9 Å². The Labute approximate surface area is 123 Å². The van der Waals surface area contributed by atoms with Crippen LogP contribution in [0, 0.1) is 0 Å². The quantitative estimate of drug-likeness (QED) is 0.593. The summed E-state index contributed by atoms with van der Waals surface area (Å²) < 4.78 is 24.8. The van der Waals surface area contributed by atoms with Crippen molar-refractivity contribution >= 4 is 50.8 Å². The Kier molecular flexibility index (Phi) is 6.92. The van der Waals surface area contributed by atoms with Crippen LogP contribution in [0.25, 0.3) is 0 Å². The van der Waals surface area contributed by atoms with Crippen molar-refractivity contribution in [3.05, 3.63) is 19.2 Å². The average molecular weight is 406 g/mol. The Morgan fingerprint density at radius 1 is 1.29 bits per heavy atom. The molecule has 7 heteroatoms. The number of hydrogen-bond acceptors (Lipinski definition) is 4. The Balaban J connectivity index is 2.63. The zero-order valence-corrected chi connectivity index (χ0v) is 14.6. The van der Waals surface area contributed by atoms with Crippen LogP contribution in [0.5, 0.6) is 0 Å². The van der Waals surface area contributed by atoms with Crippen molar-refractivity contribution in [2.24, 2.45) is 0 Å². The smallest absolute Gasteiger partial charge is 0.309 e. The zero-order chi connectivity index (χ0) is 12.9. The van der Waals surface area contributed by atoms with Crippen LogP contribution in [-0.4, -0.2) is 19.4 Å². The third kappa shape index (κ3) is 5.13. The largest absolute Gasteiger partial charge is 0.330 e. The van der Waals surface area contributed by atoms with E-state index >= 15 is 0 Å². The fourth-order valence-corrected chi connectivity index (χ4v) is 5.91. The van der Waals surface area contributed by atoms with Gasteiger partial charge < -0.3 is 9.05 Å². The van der Waals surface area contributed by atoms with Crippen LogP contribution in [0.2, 0.25) is 0 Å². The number of thiophene rings is 1. The molecule has 0 radical (unpaired) electrons. The summed E-state index contributed by atoms with van der Waals surface area (Å²) in [6.07, 6.45) is 1.09. The van der Waals surface area contributed by atoms with Gasteiger partial charge in [0.1, 0.15) is 0 Å². The molecule has 0 aliphatic rings. The normalized spacial score (nSPS) is 12.0. The second-order valence-corrected chi connectivity index (χ2v) is 9.20. The van der Waals surface area contributed by atoms with E-state index in [0.717, 1.165) is 13.1 Å². The SMILES string of the molecule is CCOP(=O)(CCc1cc(Br)sc1Br)OCC. The van der Waals surface area contributed by atoms with Crippen molar-refractivity contribution in [1.82, 2.24) is 0 Å². The first-order valence-corrected chi connectivity index (χ1v) is 9.45. The van der Waals surface area contributed by atoms with E-state index < -0.39 is 7.60 Å². The molecule has 0 saturated heterocycles. The van der Waals surface area contributed by atoms with Crippen LogP contribution in [0.1, 0.15) is 19.4 Å². The monoisotopic (exact) mass is 404 g/mol. The molecule has 0 N–H and O–H groups in total. The summed E-state index contributed by atoms with van der Waals surface area (Å²) in [5.41, 5.74) is 1.13. The van der Waals surface area contributed by atoms with Crippen molar-refractivity contribution in [3.8, 4) is 0 Å². The van der Waals surface area contributed by atoms with Crippen molar-refractivity contribution in [1.29, 1.82) is 0 Å². The average Bonchev–Trinajstić information content (AvgIpc) is 2.55. The molecule has 3 nitrogen and oxygen atoms in total. The second-order valence-electron chi connectivity index (χ2n) is 3.27. The molecule has 1 heterocycles. The van der Waals surface area contributed by atoms with E-state index in [1.165, 1.54) is 0 Å². The minimum Gasteiger partial charge on any atom is -0.309 e. The molecule has 0 fully saturated rings. The van der Waals surface area contributed by atoms with Gasteiger partial charge >= 0.3 is 7.60 Å². The van der Waals surface area contributed by atoms with Crippen molar-refractivity contribution in [2.75, 3.05) is 19.4 Å². The predicted octanol–water partition coefficient (Wildman–Crippen LogP) is 5.08. The van der Waals surface area contributed by atoms with E-state index in [9.17, 15) is 4.57 Å². The lowest BCUT2D eigenvalue weighted by Gasteiger charge is -2.16. The third-order valence-electron chi connectivity index (χ3n) is 2.03. The molecule has 0 spiro atoms. The lowest BCUT2D eigenvalue weighted by Crippen LogP contribution is -2.02. The lowest BCUT2D eigenvalue weighted by atomic mass is 10.3.